The van der Waals surface area contributed by atoms with Gasteiger partial charge in [0.05, 0.1) is 18.9 Å². The summed E-state index contributed by atoms with van der Waals surface area (Å²) in [6.45, 7) is 8.98. The molecule has 16 heavy (non-hydrogen) atoms. The van der Waals surface area contributed by atoms with Crippen molar-refractivity contribution in [1.82, 2.24) is 5.01 Å². The van der Waals surface area contributed by atoms with Gasteiger partial charge in [-0.05, 0) is 31.5 Å². The van der Waals surface area contributed by atoms with Crippen LogP contribution < -0.4 is 5.01 Å². The van der Waals surface area contributed by atoms with E-state index in [0.717, 1.165) is 32.8 Å². The van der Waals surface area contributed by atoms with Crippen LogP contribution >= 0.6 is 0 Å². The van der Waals surface area contributed by atoms with E-state index in [4.69, 9.17) is 4.74 Å². The number of hydrogen-bond acceptors (Lipinski definition) is 3. The summed E-state index contributed by atoms with van der Waals surface area (Å²) in [5.41, 5.74) is 2.59. The zero-order chi connectivity index (χ0) is 11.4. The number of rotatable bonds is 3. The van der Waals surface area contributed by atoms with Crippen LogP contribution in [0.2, 0.25) is 0 Å². The Bertz CT molecular complexity index is 334. The molecule has 2 rings (SSSR count). The lowest BCUT2D eigenvalue weighted by molar-refractivity contribution is 0.0322. The second kappa shape index (κ2) is 5.32. The van der Waals surface area contributed by atoms with Crippen molar-refractivity contribution in [3.63, 3.8) is 0 Å². The highest BCUT2D eigenvalue weighted by Gasteiger charge is 2.17. The number of morpholine rings is 1. The smallest absolute Gasteiger partial charge is 0.0612 e. The molecule has 0 bridgehead atoms. The first-order valence-corrected chi connectivity index (χ1v) is 5.98. The number of benzene rings is 1. The maximum atomic E-state index is 5.39. The first-order valence-electron chi connectivity index (χ1n) is 5.98. The van der Waals surface area contributed by atoms with E-state index < -0.39 is 0 Å². The number of hydrazine groups is 1. The molecular formula is C13H20N2O. The molecule has 3 heteroatoms. The van der Waals surface area contributed by atoms with Crippen LogP contribution in [0.3, 0.4) is 0 Å². The van der Waals surface area contributed by atoms with E-state index in [9.17, 15) is 0 Å². The molecule has 0 N–H and O–H groups in total. The van der Waals surface area contributed by atoms with Gasteiger partial charge in [-0.15, -0.1) is 0 Å². The molecule has 3 nitrogen and oxygen atoms in total. The molecule has 1 aliphatic heterocycles. The third-order valence-corrected chi connectivity index (χ3v) is 2.93. The van der Waals surface area contributed by atoms with Crippen molar-refractivity contribution < 1.29 is 4.74 Å². The fraction of sp³-hybridized carbons (Fsp3) is 0.538. The van der Waals surface area contributed by atoms with Gasteiger partial charge >= 0.3 is 0 Å². The predicted molar refractivity (Wildman–Crippen MR) is 66.6 cm³/mol. The minimum absolute atomic E-state index is 0.836. The van der Waals surface area contributed by atoms with E-state index in [2.05, 4.69) is 48.1 Å². The lowest BCUT2D eigenvalue weighted by atomic mass is 10.2. The molecule has 88 valence electrons. The summed E-state index contributed by atoms with van der Waals surface area (Å²) in [7, 11) is 0. The summed E-state index contributed by atoms with van der Waals surface area (Å²) >= 11 is 0. The maximum Gasteiger partial charge on any atom is 0.0612 e. The second-order valence-corrected chi connectivity index (χ2v) is 4.12. The van der Waals surface area contributed by atoms with Crippen molar-refractivity contribution in [2.75, 3.05) is 37.9 Å². The van der Waals surface area contributed by atoms with Crippen molar-refractivity contribution in [3.8, 4) is 0 Å². The lowest BCUT2D eigenvalue weighted by Crippen LogP contribution is -2.49. The average molecular weight is 220 g/mol. The SMILES string of the molecule is CCN(c1cccc(C)c1)N1CCOCC1. The Balaban J connectivity index is 2.14. The van der Waals surface area contributed by atoms with E-state index in [0.29, 0.717) is 0 Å². The van der Waals surface area contributed by atoms with Gasteiger partial charge in [0.25, 0.3) is 0 Å². The van der Waals surface area contributed by atoms with Crippen molar-refractivity contribution in [2.24, 2.45) is 0 Å². The highest BCUT2D eigenvalue weighted by molar-refractivity contribution is 5.47. The number of ether oxygens (including phenoxy) is 1. The Hall–Kier alpha value is -1.06. The summed E-state index contributed by atoms with van der Waals surface area (Å²) < 4.78 is 5.39. The molecule has 1 fully saturated rings. The Labute approximate surface area is 97.6 Å². The number of hydrogen-bond donors (Lipinski definition) is 0. The molecule has 0 saturated carbocycles. The van der Waals surface area contributed by atoms with Gasteiger partial charge in [0.15, 0.2) is 0 Å². The van der Waals surface area contributed by atoms with Gasteiger partial charge in [0.2, 0.25) is 0 Å². The third kappa shape index (κ3) is 2.54. The number of aryl methyl sites for hydroxylation is 1. The number of anilines is 1. The summed E-state index contributed by atoms with van der Waals surface area (Å²) in [4.78, 5) is 0. The zero-order valence-electron chi connectivity index (χ0n) is 10.1. The molecule has 1 aromatic carbocycles. The molecule has 0 aliphatic carbocycles. The highest BCUT2D eigenvalue weighted by Crippen LogP contribution is 2.18. The Kier molecular flexibility index (Phi) is 3.80. The Morgan fingerprint density at radius 2 is 2.06 bits per heavy atom. The van der Waals surface area contributed by atoms with Crippen LogP contribution in [0.4, 0.5) is 5.69 Å². The van der Waals surface area contributed by atoms with Gasteiger partial charge in [0, 0.05) is 19.6 Å². The summed E-state index contributed by atoms with van der Waals surface area (Å²) in [5.74, 6) is 0. The molecule has 1 aliphatic rings. The van der Waals surface area contributed by atoms with Crippen LogP contribution in [-0.2, 0) is 4.74 Å². The zero-order valence-corrected chi connectivity index (χ0v) is 10.1. The topological polar surface area (TPSA) is 15.7 Å². The molecule has 0 amide bonds. The predicted octanol–water partition coefficient (Wildman–Crippen LogP) is 2.07. The van der Waals surface area contributed by atoms with Gasteiger partial charge in [-0.2, -0.15) is 0 Å². The molecule has 0 atom stereocenters. The largest absolute Gasteiger partial charge is 0.379 e. The molecule has 1 saturated heterocycles. The summed E-state index contributed by atoms with van der Waals surface area (Å²) in [6, 6.07) is 8.66. The first-order chi connectivity index (χ1) is 7.81. The Morgan fingerprint density at radius 3 is 2.69 bits per heavy atom. The molecule has 0 unspecified atom stereocenters. The molecule has 0 radical (unpaired) electrons. The minimum Gasteiger partial charge on any atom is -0.379 e. The van der Waals surface area contributed by atoms with Crippen LogP contribution in [0, 0.1) is 6.92 Å². The molecule has 0 spiro atoms. The first kappa shape index (κ1) is 11.4. The normalized spacial score (nSPS) is 17.4. The van der Waals surface area contributed by atoms with Gasteiger partial charge < -0.3 is 9.75 Å². The lowest BCUT2D eigenvalue weighted by Gasteiger charge is -2.38. The maximum absolute atomic E-state index is 5.39. The van der Waals surface area contributed by atoms with Gasteiger partial charge in [0.1, 0.15) is 0 Å². The third-order valence-electron chi connectivity index (χ3n) is 2.93. The molecule has 1 aromatic rings. The monoisotopic (exact) mass is 220 g/mol. The van der Waals surface area contributed by atoms with Gasteiger partial charge in [-0.1, -0.05) is 12.1 Å². The minimum atomic E-state index is 0.836. The fourth-order valence-corrected chi connectivity index (χ4v) is 2.13. The average Bonchev–Trinajstić information content (AvgIpc) is 2.31. The van der Waals surface area contributed by atoms with E-state index in [-0.39, 0.29) is 0 Å². The highest BCUT2D eigenvalue weighted by atomic mass is 16.5. The quantitative estimate of drug-likeness (QED) is 0.775. The standard InChI is InChI=1S/C13H20N2O/c1-3-15(14-7-9-16-10-8-14)13-6-4-5-12(2)11-13/h4-6,11H,3,7-10H2,1-2H3. The molecular weight excluding hydrogens is 200 g/mol. The fourth-order valence-electron chi connectivity index (χ4n) is 2.13. The van der Waals surface area contributed by atoms with E-state index in [1.54, 1.807) is 0 Å². The second-order valence-electron chi connectivity index (χ2n) is 4.12. The molecule has 0 aromatic heterocycles. The van der Waals surface area contributed by atoms with Crippen LogP contribution in [0.5, 0.6) is 0 Å². The van der Waals surface area contributed by atoms with Crippen molar-refractivity contribution in [2.45, 2.75) is 13.8 Å². The van der Waals surface area contributed by atoms with Crippen LogP contribution in [0.1, 0.15) is 12.5 Å². The van der Waals surface area contributed by atoms with Gasteiger partial charge in [-0.3, -0.25) is 0 Å². The van der Waals surface area contributed by atoms with Crippen LogP contribution in [-0.4, -0.2) is 37.9 Å². The van der Waals surface area contributed by atoms with E-state index >= 15 is 0 Å². The van der Waals surface area contributed by atoms with Gasteiger partial charge in [-0.25, -0.2) is 5.01 Å². The van der Waals surface area contributed by atoms with E-state index in [1.165, 1.54) is 11.3 Å². The number of nitrogens with zero attached hydrogens (tertiary/aromatic N) is 2. The molecule has 1 heterocycles. The summed E-state index contributed by atoms with van der Waals surface area (Å²) in [5, 5.41) is 4.72. The Morgan fingerprint density at radius 1 is 1.31 bits per heavy atom. The van der Waals surface area contributed by atoms with E-state index in [1.807, 2.05) is 0 Å². The van der Waals surface area contributed by atoms with Crippen LogP contribution in [0.15, 0.2) is 24.3 Å². The van der Waals surface area contributed by atoms with Crippen LogP contribution in [0.25, 0.3) is 0 Å². The summed E-state index contributed by atoms with van der Waals surface area (Å²) in [6.07, 6.45) is 0. The van der Waals surface area contributed by atoms with Crippen molar-refractivity contribution in [1.29, 1.82) is 0 Å². The van der Waals surface area contributed by atoms with Crippen molar-refractivity contribution in [3.05, 3.63) is 29.8 Å². The van der Waals surface area contributed by atoms with Crippen molar-refractivity contribution >= 4 is 5.69 Å².